The lowest BCUT2D eigenvalue weighted by atomic mass is 10.0. The van der Waals surface area contributed by atoms with Gasteiger partial charge in [0.15, 0.2) is 0 Å². The van der Waals surface area contributed by atoms with Crippen molar-refractivity contribution in [2.75, 3.05) is 13.7 Å². The number of hydrogen-bond acceptors (Lipinski definition) is 2. The van der Waals surface area contributed by atoms with Crippen LogP contribution in [0.5, 0.6) is 0 Å². The molecule has 0 fully saturated rings. The standard InChI is InChI=1S/C9H13Cl2NO/c1-6-3-4-12-8(10)5-7(13-2)9(6)11/h5-6,9H,3-4H2,1-2H3/b7-5+,12-8?. The molecule has 2 unspecified atom stereocenters. The van der Waals surface area contributed by atoms with Crippen LogP contribution < -0.4 is 0 Å². The van der Waals surface area contributed by atoms with E-state index in [9.17, 15) is 0 Å². The van der Waals surface area contributed by atoms with Crippen molar-refractivity contribution in [3.63, 3.8) is 0 Å². The SMILES string of the molecule is CO/C1=C/C(Cl)=NCCC(C)C1Cl. The highest BCUT2D eigenvalue weighted by Gasteiger charge is 2.21. The van der Waals surface area contributed by atoms with Gasteiger partial charge in [0.05, 0.1) is 12.5 Å². The van der Waals surface area contributed by atoms with Gasteiger partial charge in [0, 0.05) is 12.6 Å². The second-order valence-electron chi connectivity index (χ2n) is 3.12. The molecule has 0 aliphatic carbocycles. The van der Waals surface area contributed by atoms with Gasteiger partial charge in [0.25, 0.3) is 0 Å². The smallest absolute Gasteiger partial charge is 0.126 e. The molecule has 74 valence electrons. The minimum absolute atomic E-state index is 0.103. The highest BCUT2D eigenvalue weighted by molar-refractivity contribution is 6.68. The summed E-state index contributed by atoms with van der Waals surface area (Å²) in [6.45, 7) is 2.82. The van der Waals surface area contributed by atoms with Crippen molar-refractivity contribution < 1.29 is 4.74 Å². The Morgan fingerprint density at radius 1 is 1.62 bits per heavy atom. The molecule has 2 nitrogen and oxygen atoms in total. The van der Waals surface area contributed by atoms with Crippen molar-refractivity contribution in [3.05, 3.63) is 11.8 Å². The molecule has 0 saturated heterocycles. The minimum atomic E-state index is -0.103. The van der Waals surface area contributed by atoms with Gasteiger partial charge in [-0.3, -0.25) is 4.99 Å². The van der Waals surface area contributed by atoms with E-state index in [1.165, 1.54) is 0 Å². The minimum Gasteiger partial charge on any atom is -0.499 e. The van der Waals surface area contributed by atoms with Gasteiger partial charge in [-0.15, -0.1) is 11.6 Å². The molecule has 1 heterocycles. The van der Waals surface area contributed by atoms with Gasteiger partial charge in [-0.1, -0.05) is 18.5 Å². The Hall–Kier alpha value is -0.210. The zero-order valence-corrected chi connectivity index (χ0v) is 9.27. The average Bonchev–Trinajstić information content (AvgIpc) is 2.11. The molecular weight excluding hydrogens is 209 g/mol. The van der Waals surface area contributed by atoms with Crippen molar-refractivity contribution in [1.82, 2.24) is 0 Å². The van der Waals surface area contributed by atoms with E-state index in [0.717, 1.165) is 13.0 Å². The quantitative estimate of drug-likeness (QED) is 0.625. The summed E-state index contributed by atoms with van der Waals surface area (Å²) in [6.07, 6.45) is 2.62. The van der Waals surface area contributed by atoms with Gasteiger partial charge in [0.2, 0.25) is 0 Å². The number of aliphatic imine (C=N–C) groups is 1. The molecule has 0 aromatic rings. The van der Waals surface area contributed by atoms with Gasteiger partial charge in [0.1, 0.15) is 10.9 Å². The summed E-state index contributed by atoms with van der Waals surface area (Å²) in [6, 6.07) is 0. The molecule has 0 N–H and O–H groups in total. The fourth-order valence-corrected chi connectivity index (χ4v) is 1.69. The van der Waals surface area contributed by atoms with Crippen molar-refractivity contribution in [1.29, 1.82) is 0 Å². The molecule has 0 bridgehead atoms. The maximum absolute atomic E-state index is 6.17. The number of nitrogens with zero attached hydrogens (tertiary/aromatic N) is 1. The second-order valence-corrected chi connectivity index (χ2v) is 3.98. The molecule has 2 atom stereocenters. The van der Waals surface area contributed by atoms with E-state index in [1.807, 2.05) is 0 Å². The Kier molecular flexibility index (Phi) is 4.07. The second kappa shape index (κ2) is 4.87. The summed E-state index contributed by atoms with van der Waals surface area (Å²) in [7, 11) is 1.60. The van der Waals surface area contributed by atoms with E-state index in [2.05, 4.69) is 11.9 Å². The molecule has 0 aromatic heterocycles. The van der Waals surface area contributed by atoms with Crippen LogP contribution in [0.15, 0.2) is 16.8 Å². The molecule has 13 heavy (non-hydrogen) atoms. The molecule has 0 radical (unpaired) electrons. The maximum atomic E-state index is 6.17. The van der Waals surface area contributed by atoms with Crippen LogP contribution in [0, 0.1) is 5.92 Å². The first-order chi connectivity index (χ1) is 6.15. The molecule has 0 spiro atoms. The van der Waals surface area contributed by atoms with Crippen molar-refractivity contribution in [3.8, 4) is 0 Å². The molecule has 4 heteroatoms. The lowest BCUT2D eigenvalue weighted by molar-refractivity contribution is 0.263. The Morgan fingerprint density at radius 2 is 2.31 bits per heavy atom. The lowest BCUT2D eigenvalue weighted by Crippen LogP contribution is -2.19. The predicted octanol–water partition coefficient (Wildman–Crippen LogP) is 2.80. The Bertz CT molecular complexity index is 238. The van der Waals surface area contributed by atoms with Gasteiger partial charge in [-0.2, -0.15) is 0 Å². The molecule has 1 rings (SSSR count). The van der Waals surface area contributed by atoms with E-state index >= 15 is 0 Å². The number of allylic oxidation sites excluding steroid dienone is 2. The van der Waals surface area contributed by atoms with Gasteiger partial charge >= 0.3 is 0 Å². The summed E-state index contributed by atoms with van der Waals surface area (Å²) in [5.74, 6) is 1.06. The fourth-order valence-electron chi connectivity index (χ4n) is 1.22. The number of hydrogen-bond donors (Lipinski definition) is 0. The third kappa shape index (κ3) is 2.89. The van der Waals surface area contributed by atoms with Crippen molar-refractivity contribution in [2.24, 2.45) is 10.9 Å². The Labute approximate surface area is 88.6 Å². The van der Waals surface area contributed by atoms with Crippen molar-refractivity contribution in [2.45, 2.75) is 18.7 Å². The van der Waals surface area contributed by atoms with Crippen molar-refractivity contribution >= 4 is 28.4 Å². The summed E-state index contributed by atoms with van der Waals surface area (Å²) >= 11 is 12.0. The predicted molar refractivity (Wildman–Crippen MR) is 56.7 cm³/mol. The molecule has 0 saturated carbocycles. The average molecular weight is 222 g/mol. The largest absolute Gasteiger partial charge is 0.499 e. The van der Waals surface area contributed by atoms with Gasteiger partial charge in [-0.05, 0) is 12.3 Å². The van der Waals surface area contributed by atoms with Crippen LogP contribution in [0.25, 0.3) is 0 Å². The topological polar surface area (TPSA) is 21.6 Å². The third-order valence-electron chi connectivity index (χ3n) is 2.12. The van der Waals surface area contributed by atoms with Crippen LogP contribution in [0.3, 0.4) is 0 Å². The number of alkyl halides is 1. The summed E-state index contributed by atoms with van der Waals surface area (Å²) in [5, 5.41) is 0.364. The number of rotatable bonds is 1. The number of halogens is 2. The van der Waals surface area contributed by atoms with Crippen LogP contribution in [0.2, 0.25) is 0 Å². The molecule has 0 amide bonds. The summed E-state index contributed by atoms with van der Waals surface area (Å²) in [4.78, 5) is 4.13. The maximum Gasteiger partial charge on any atom is 0.126 e. The highest BCUT2D eigenvalue weighted by Crippen LogP contribution is 2.24. The summed E-state index contributed by atoms with van der Waals surface area (Å²) < 4.78 is 5.14. The first-order valence-corrected chi connectivity index (χ1v) is 5.06. The molecule has 1 aliphatic rings. The number of methoxy groups -OCH3 is 1. The Balaban J connectivity index is 2.87. The van der Waals surface area contributed by atoms with E-state index in [4.69, 9.17) is 27.9 Å². The van der Waals surface area contributed by atoms with Crippen LogP contribution in [0.4, 0.5) is 0 Å². The summed E-state index contributed by atoms with van der Waals surface area (Å²) in [5.41, 5.74) is 0. The van der Waals surface area contributed by atoms with E-state index in [-0.39, 0.29) is 5.38 Å². The highest BCUT2D eigenvalue weighted by atomic mass is 35.5. The molecular formula is C9H13Cl2NO. The lowest BCUT2D eigenvalue weighted by Gasteiger charge is -2.20. The molecule has 1 aliphatic heterocycles. The molecule has 0 aromatic carbocycles. The Morgan fingerprint density at radius 3 is 2.92 bits per heavy atom. The van der Waals surface area contributed by atoms with Gasteiger partial charge < -0.3 is 4.74 Å². The van der Waals surface area contributed by atoms with Gasteiger partial charge in [-0.25, -0.2) is 0 Å². The normalized spacial score (nSPS) is 33.8. The van der Waals surface area contributed by atoms with Crippen LogP contribution in [0.1, 0.15) is 13.3 Å². The van der Waals surface area contributed by atoms with Crippen LogP contribution in [-0.2, 0) is 4.74 Å². The zero-order chi connectivity index (χ0) is 9.84. The number of ether oxygens (including phenoxy) is 1. The van der Waals surface area contributed by atoms with E-state index < -0.39 is 0 Å². The first-order valence-electron chi connectivity index (χ1n) is 4.24. The monoisotopic (exact) mass is 221 g/mol. The van der Waals surface area contributed by atoms with Crippen LogP contribution in [-0.4, -0.2) is 24.2 Å². The third-order valence-corrected chi connectivity index (χ3v) is 2.99. The fraction of sp³-hybridized carbons (Fsp3) is 0.667. The zero-order valence-electron chi connectivity index (χ0n) is 7.76. The van der Waals surface area contributed by atoms with Crippen LogP contribution >= 0.6 is 23.2 Å². The van der Waals surface area contributed by atoms with E-state index in [1.54, 1.807) is 13.2 Å². The first kappa shape index (κ1) is 10.9. The van der Waals surface area contributed by atoms with E-state index in [0.29, 0.717) is 16.8 Å².